The van der Waals surface area contributed by atoms with Gasteiger partial charge in [0, 0.05) is 23.3 Å². The molecular formula is C12H16ClN. The number of hydrogen-bond donors (Lipinski definition) is 0. The van der Waals surface area contributed by atoms with Crippen LogP contribution < -0.4 is 4.90 Å². The maximum Gasteiger partial charge on any atom is 0.0407 e. The van der Waals surface area contributed by atoms with E-state index in [4.69, 9.17) is 11.6 Å². The quantitative estimate of drug-likeness (QED) is 0.682. The lowest BCUT2D eigenvalue weighted by atomic mass is 10.0. The van der Waals surface area contributed by atoms with Gasteiger partial charge in [-0.15, -0.1) is 0 Å². The van der Waals surface area contributed by atoms with Gasteiger partial charge in [-0.2, -0.15) is 0 Å². The van der Waals surface area contributed by atoms with Gasteiger partial charge in [0.2, 0.25) is 0 Å². The monoisotopic (exact) mass is 209 g/mol. The second-order valence-electron chi connectivity index (χ2n) is 4.01. The predicted octanol–water partition coefficient (Wildman–Crippen LogP) is 3.72. The van der Waals surface area contributed by atoms with Crippen molar-refractivity contribution in [1.82, 2.24) is 0 Å². The number of nitrogens with zero attached hydrogens (tertiary/aromatic N) is 1. The van der Waals surface area contributed by atoms with Crippen LogP contribution in [-0.2, 0) is 0 Å². The summed E-state index contributed by atoms with van der Waals surface area (Å²) in [5, 5.41) is 0.818. The average Bonchev–Trinajstić information content (AvgIpc) is 2.20. The first kappa shape index (κ1) is 9.85. The molecule has 0 aliphatic carbocycles. The lowest BCUT2D eigenvalue weighted by Crippen LogP contribution is -2.37. The summed E-state index contributed by atoms with van der Waals surface area (Å²) in [6.07, 6.45) is 3.99. The third kappa shape index (κ3) is 2.03. The van der Waals surface area contributed by atoms with Gasteiger partial charge in [-0.25, -0.2) is 0 Å². The second-order valence-corrected chi connectivity index (χ2v) is 4.45. The molecule has 0 aromatic heterocycles. The molecule has 0 bridgehead atoms. The highest BCUT2D eigenvalue weighted by Gasteiger charge is 2.17. The van der Waals surface area contributed by atoms with Crippen LogP contribution in [0.1, 0.15) is 26.2 Å². The van der Waals surface area contributed by atoms with E-state index in [1.807, 2.05) is 12.1 Å². The highest BCUT2D eigenvalue weighted by atomic mass is 35.5. The third-order valence-electron chi connectivity index (χ3n) is 2.96. The molecule has 1 fully saturated rings. The minimum atomic E-state index is 0.671. The lowest BCUT2D eigenvalue weighted by Gasteiger charge is -2.35. The van der Waals surface area contributed by atoms with Crippen LogP contribution in [0.4, 0.5) is 5.69 Å². The Balaban J connectivity index is 2.16. The number of piperidine rings is 1. The van der Waals surface area contributed by atoms with Gasteiger partial charge in [-0.05, 0) is 50.5 Å². The molecular weight excluding hydrogens is 194 g/mol. The van der Waals surface area contributed by atoms with Gasteiger partial charge in [-0.3, -0.25) is 0 Å². The maximum absolute atomic E-state index is 5.87. The molecule has 1 unspecified atom stereocenters. The Hall–Kier alpha value is -0.690. The molecule has 1 aromatic rings. The molecule has 0 radical (unpaired) electrons. The smallest absolute Gasteiger partial charge is 0.0407 e. The molecule has 1 aromatic carbocycles. The summed E-state index contributed by atoms with van der Waals surface area (Å²) in [6, 6.07) is 8.84. The van der Waals surface area contributed by atoms with E-state index < -0.39 is 0 Å². The lowest BCUT2D eigenvalue weighted by molar-refractivity contribution is 0.485. The zero-order valence-corrected chi connectivity index (χ0v) is 9.30. The van der Waals surface area contributed by atoms with Gasteiger partial charge >= 0.3 is 0 Å². The predicted molar refractivity (Wildman–Crippen MR) is 62.1 cm³/mol. The van der Waals surface area contributed by atoms with E-state index >= 15 is 0 Å². The van der Waals surface area contributed by atoms with Crippen molar-refractivity contribution in [3.8, 4) is 0 Å². The van der Waals surface area contributed by atoms with E-state index in [-0.39, 0.29) is 0 Å². The first-order valence-electron chi connectivity index (χ1n) is 5.29. The summed E-state index contributed by atoms with van der Waals surface area (Å²) in [6.45, 7) is 3.48. The molecule has 2 rings (SSSR count). The molecule has 1 heterocycles. The zero-order valence-electron chi connectivity index (χ0n) is 8.54. The zero-order chi connectivity index (χ0) is 9.97. The second kappa shape index (κ2) is 4.22. The normalized spacial score (nSPS) is 22.4. The highest BCUT2D eigenvalue weighted by Crippen LogP contribution is 2.25. The first-order valence-corrected chi connectivity index (χ1v) is 5.67. The number of anilines is 1. The van der Waals surface area contributed by atoms with Crippen LogP contribution in [0.3, 0.4) is 0 Å². The summed E-state index contributed by atoms with van der Waals surface area (Å²) < 4.78 is 0. The molecule has 76 valence electrons. The van der Waals surface area contributed by atoms with Crippen molar-refractivity contribution in [3.05, 3.63) is 29.3 Å². The molecule has 1 aliphatic rings. The summed E-state index contributed by atoms with van der Waals surface area (Å²) in [5.41, 5.74) is 1.31. The van der Waals surface area contributed by atoms with Crippen molar-refractivity contribution in [2.45, 2.75) is 32.2 Å². The van der Waals surface area contributed by atoms with Gasteiger partial charge in [0.25, 0.3) is 0 Å². The standard InChI is InChI=1S/C12H16ClN/c1-10-4-2-3-9-14(10)12-7-5-11(13)6-8-12/h5-8,10H,2-4,9H2,1H3. The maximum atomic E-state index is 5.87. The molecule has 0 N–H and O–H groups in total. The summed E-state index contributed by atoms with van der Waals surface area (Å²) >= 11 is 5.87. The molecule has 1 saturated heterocycles. The third-order valence-corrected chi connectivity index (χ3v) is 3.21. The minimum absolute atomic E-state index is 0.671. The Morgan fingerprint density at radius 3 is 2.57 bits per heavy atom. The van der Waals surface area contributed by atoms with E-state index in [1.54, 1.807) is 0 Å². The van der Waals surface area contributed by atoms with Gasteiger partial charge < -0.3 is 4.90 Å². The van der Waals surface area contributed by atoms with E-state index in [0.717, 1.165) is 5.02 Å². The minimum Gasteiger partial charge on any atom is -0.369 e. The average molecular weight is 210 g/mol. The van der Waals surface area contributed by atoms with E-state index in [1.165, 1.54) is 31.5 Å². The first-order chi connectivity index (χ1) is 6.77. The van der Waals surface area contributed by atoms with Gasteiger partial charge in [0.1, 0.15) is 0 Å². The van der Waals surface area contributed by atoms with Crippen LogP contribution in [0.5, 0.6) is 0 Å². The van der Waals surface area contributed by atoms with E-state index in [9.17, 15) is 0 Å². The van der Waals surface area contributed by atoms with Crippen molar-refractivity contribution in [1.29, 1.82) is 0 Å². The molecule has 1 aliphatic heterocycles. The van der Waals surface area contributed by atoms with Crippen molar-refractivity contribution in [2.75, 3.05) is 11.4 Å². The number of benzene rings is 1. The van der Waals surface area contributed by atoms with Crippen molar-refractivity contribution < 1.29 is 0 Å². The van der Waals surface area contributed by atoms with Crippen molar-refractivity contribution in [3.63, 3.8) is 0 Å². The molecule has 0 saturated carbocycles. The van der Waals surface area contributed by atoms with Crippen LogP contribution in [-0.4, -0.2) is 12.6 Å². The molecule has 1 atom stereocenters. The molecule has 14 heavy (non-hydrogen) atoms. The van der Waals surface area contributed by atoms with Gasteiger partial charge in [-0.1, -0.05) is 11.6 Å². The van der Waals surface area contributed by atoms with Crippen LogP contribution >= 0.6 is 11.6 Å². The van der Waals surface area contributed by atoms with Crippen molar-refractivity contribution >= 4 is 17.3 Å². The highest BCUT2D eigenvalue weighted by molar-refractivity contribution is 6.30. The Labute approximate surface area is 90.7 Å². The van der Waals surface area contributed by atoms with E-state index in [2.05, 4.69) is 24.0 Å². The van der Waals surface area contributed by atoms with Crippen LogP contribution in [0, 0.1) is 0 Å². The fourth-order valence-electron chi connectivity index (χ4n) is 2.11. The molecule has 0 spiro atoms. The number of rotatable bonds is 1. The molecule has 0 amide bonds. The van der Waals surface area contributed by atoms with Crippen LogP contribution in [0.25, 0.3) is 0 Å². The number of hydrogen-bond acceptors (Lipinski definition) is 1. The van der Waals surface area contributed by atoms with E-state index in [0.29, 0.717) is 6.04 Å². The summed E-state index contributed by atoms with van der Waals surface area (Å²) in [5.74, 6) is 0. The summed E-state index contributed by atoms with van der Waals surface area (Å²) in [7, 11) is 0. The number of halogens is 1. The molecule has 1 nitrogen and oxygen atoms in total. The van der Waals surface area contributed by atoms with Crippen LogP contribution in [0.15, 0.2) is 24.3 Å². The Bertz CT molecular complexity index is 294. The Morgan fingerprint density at radius 2 is 1.93 bits per heavy atom. The SMILES string of the molecule is CC1CCCCN1c1ccc(Cl)cc1. The van der Waals surface area contributed by atoms with Crippen molar-refractivity contribution in [2.24, 2.45) is 0 Å². The fraction of sp³-hybridized carbons (Fsp3) is 0.500. The van der Waals surface area contributed by atoms with Crippen LogP contribution in [0.2, 0.25) is 5.02 Å². The largest absolute Gasteiger partial charge is 0.369 e. The topological polar surface area (TPSA) is 3.24 Å². The molecule has 2 heteroatoms. The summed E-state index contributed by atoms with van der Waals surface area (Å²) in [4.78, 5) is 2.47. The Kier molecular flexibility index (Phi) is 2.97. The fourth-order valence-corrected chi connectivity index (χ4v) is 2.24. The van der Waals surface area contributed by atoms with Gasteiger partial charge in [0.15, 0.2) is 0 Å². The Morgan fingerprint density at radius 1 is 1.21 bits per heavy atom. The van der Waals surface area contributed by atoms with Gasteiger partial charge in [0.05, 0.1) is 0 Å².